The van der Waals surface area contributed by atoms with Crippen molar-refractivity contribution in [3.63, 3.8) is 0 Å². The van der Waals surface area contributed by atoms with Gasteiger partial charge in [0.25, 0.3) is 0 Å². The molecule has 4 aromatic rings. The lowest BCUT2D eigenvalue weighted by Crippen LogP contribution is -2.08. The Morgan fingerprint density at radius 3 is 2.52 bits per heavy atom. The number of rotatable bonds is 3. The number of benzene rings is 2. The first-order valence-electron chi connectivity index (χ1n) is 7.62. The molecule has 7 heteroatoms. The van der Waals surface area contributed by atoms with Crippen molar-refractivity contribution >= 4 is 54.8 Å². The van der Waals surface area contributed by atoms with Gasteiger partial charge in [0, 0.05) is 25.5 Å². The first-order valence-corrected chi connectivity index (χ1v) is 8.43. The second kappa shape index (κ2) is 6.00. The summed E-state index contributed by atoms with van der Waals surface area (Å²) < 4.78 is 0.927. The van der Waals surface area contributed by atoms with E-state index >= 15 is 0 Å². The Balaban J connectivity index is 1.83. The number of thiazole rings is 1. The Morgan fingerprint density at radius 2 is 1.80 bits per heavy atom. The average molecular weight is 346 g/mol. The zero-order valence-electron chi connectivity index (χ0n) is 13.7. The largest absolute Gasteiger partial charge is 0.378 e. The molecule has 4 rings (SSSR count). The van der Waals surface area contributed by atoms with Crippen molar-refractivity contribution in [2.45, 2.75) is 0 Å². The molecule has 2 aromatic carbocycles. The maximum Gasteiger partial charge on any atom is 0.330 e. The fourth-order valence-corrected chi connectivity index (χ4v) is 3.54. The molecule has 1 N–H and O–H groups in total. The van der Waals surface area contributed by atoms with Crippen LogP contribution in [0, 0.1) is 6.57 Å². The number of hydrogen-bond donors (Lipinski definition) is 1. The summed E-state index contributed by atoms with van der Waals surface area (Å²) in [6.45, 7) is 7.19. The van der Waals surface area contributed by atoms with Gasteiger partial charge < -0.3 is 15.1 Å². The van der Waals surface area contributed by atoms with Crippen molar-refractivity contribution in [2.75, 3.05) is 24.3 Å². The fraction of sp³-hybridized carbons (Fsp3) is 0.111. The van der Waals surface area contributed by atoms with Gasteiger partial charge in [-0.25, -0.2) is 9.97 Å². The maximum absolute atomic E-state index is 7.19. The molecule has 0 radical (unpaired) electrons. The Kier molecular flexibility index (Phi) is 3.67. The topological polar surface area (TPSA) is 58.3 Å². The van der Waals surface area contributed by atoms with Crippen molar-refractivity contribution in [3.8, 4) is 0 Å². The minimum atomic E-state index is 0.424. The molecule has 0 saturated carbocycles. The zero-order chi connectivity index (χ0) is 17.4. The van der Waals surface area contributed by atoms with Crippen LogP contribution in [-0.2, 0) is 0 Å². The summed E-state index contributed by atoms with van der Waals surface area (Å²) in [4.78, 5) is 18.6. The number of hydrogen-bond acceptors (Lipinski definition) is 6. The lowest BCUT2D eigenvalue weighted by Gasteiger charge is -2.13. The highest BCUT2D eigenvalue weighted by molar-refractivity contribution is 7.23. The number of fused-ring (bicyclic) bond motifs is 3. The highest BCUT2D eigenvalue weighted by Crippen LogP contribution is 2.37. The summed E-state index contributed by atoms with van der Waals surface area (Å²) in [5.74, 6) is 0.716. The minimum Gasteiger partial charge on any atom is -0.378 e. The smallest absolute Gasteiger partial charge is 0.330 e. The normalized spacial score (nSPS) is 10.8. The summed E-state index contributed by atoms with van der Waals surface area (Å²) in [5, 5.41) is 4.68. The van der Waals surface area contributed by atoms with Gasteiger partial charge in [-0.3, -0.25) is 0 Å². The SMILES string of the molecule is [C-]#[N+]c1nc2ccc3ncnc(Nc4ccc(N(C)C)cc4)c3c2s1. The molecule has 122 valence electrons. The number of nitrogens with one attached hydrogen (secondary N) is 1. The zero-order valence-corrected chi connectivity index (χ0v) is 14.5. The Morgan fingerprint density at radius 1 is 1.04 bits per heavy atom. The summed E-state index contributed by atoms with van der Waals surface area (Å²) in [5.41, 5.74) is 3.70. The van der Waals surface area contributed by atoms with Crippen LogP contribution in [0.2, 0.25) is 0 Å². The van der Waals surface area contributed by atoms with E-state index in [9.17, 15) is 0 Å². The van der Waals surface area contributed by atoms with Crippen LogP contribution in [0.15, 0.2) is 42.7 Å². The molecule has 0 aliphatic carbocycles. The third kappa shape index (κ3) is 2.73. The molecule has 6 nitrogen and oxygen atoms in total. The van der Waals surface area contributed by atoms with Gasteiger partial charge >= 0.3 is 5.13 Å². The summed E-state index contributed by atoms with van der Waals surface area (Å²) in [6, 6.07) is 11.9. The predicted octanol–water partition coefficient (Wildman–Crippen LogP) is 4.60. The van der Waals surface area contributed by atoms with Gasteiger partial charge in [-0.05, 0) is 36.4 Å². The number of aromatic nitrogens is 3. The third-order valence-electron chi connectivity index (χ3n) is 3.89. The average Bonchev–Trinajstić information content (AvgIpc) is 3.06. The molecular weight excluding hydrogens is 332 g/mol. The van der Waals surface area contributed by atoms with Crippen LogP contribution in [0.4, 0.5) is 22.3 Å². The molecule has 0 saturated heterocycles. The van der Waals surface area contributed by atoms with Crippen LogP contribution in [-0.4, -0.2) is 29.0 Å². The fourth-order valence-electron chi connectivity index (χ4n) is 2.64. The van der Waals surface area contributed by atoms with E-state index in [1.165, 1.54) is 11.3 Å². The van der Waals surface area contributed by atoms with E-state index in [1.807, 2.05) is 50.5 Å². The predicted molar refractivity (Wildman–Crippen MR) is 103 cm³/mol. The minimum absolute atomic E-state index is 0.424. The monoisotopic (exact) mass is 346 g/mol. The van der Waals surface area contributed by atoms with Gasteiger partial charge in [0.05, 0.1) is 15.6 Å². The van der Waals surface area contributed by atoms with Crippen LogP contribution >= 0.6 is 11.3 Å². The maximum atomic E-state index is 7.19. The van der Waals surface area contributed by atoms with Gasteiger partial charge in [-0.2, -0.15) is 0 Å². The molecule has 0 aliphatic heterocycles. The van der Waals surface area contributed by atoms with E-state index in [2.05, 4.69) is 30.0 Å². The van der Waals surface area contributed by atoms with E-state index in [-0.39, 0.29) is 0 Å². The standard InChI is InChI=1S/C18H14N6S/c1-19-18-23-14-9-8-13-15(16(14)25-18)17(21-10-20-13)22-11-4-6-12(7-5-11)24(2)3/h4-10H,2-3H3,(H,20,21,22). The first-order chi connectivity index (χ1) is 12.2. The van der Waals surface area contributed by atoms with Crippen LogP contribution < -0.4 is 10.2 Å². The summed E-state index contributed by atoms with van der Waals surface area (Å²) in [6.07, 6.45) is 1.54. The van der Waals surface area contributed by atoms with Crippen molar-refractivity contribution < 1.29 is 0 Å². The van der Waals surface area contributed by atoms with Gasteiger partial charge in [-0.15, -0.1) is 16.3 Å². The van der Waals surface area contributed by atoms with Crippen molar-refractivity contribution in [3.05, 3.63) is 54.1 Å². The Hall–Kier alpha value is -3.24. The van der Waals surface area contributed by atoms with Crippen molar-refractivity contribution in [2.24, 2.45) is 0 Å². The molecule has 0 spiro atoms. The molecule has 2 heterocycles. The van der Waals surface area contributed by atoms with E-state index in [0.29, 0.717) is 10.9 Å². The van der Waals surface area contributed by atoms with Crippen LogP contribution in [0.25, 0.3) is 26.0 Å². The van der Waals surface area contributed by atoms with Gasteiger partial charge in [0.15, 0.2) is 5.52 Å². The lowest BCUT2D eigenvalue weighted by atomic mass is 10.2. The quantitative estimate of drug-likeness (QED) is 0.549. The molecule has 2 aromatic heterocycles. The summed E-state index contributed by atoms with van der Waals surface area (Å²) in [7, 11) is 4.02. The highest BCUT2D eigenvalue weighted by atomic mass is 32.1. The molecular formula is C18H14N6S. The molecule has 0 bridgehead atoms. The number of nitrogens with zero attached hydrogens (tertiary/aromatic N) is 5. The van der Waals surface area contributed by atoms with Gasteiger partial charge in [0.1, 0.15) is 12.1 Å². The van der Waals surface area contributed by atoms with Crippen LogP contribution in [0.5, 0.6) is 0 Å². The van der Waals surface area contributed by atoms with E-state index < -0.39 is 0 Å². The Bertz CT molecular complexity index is 1110. The van der Waals surface area contributed by atoms with E-state index in [0.717, 1.165) is 32.5 Å². The second-order valence-electron chi connectivity index (χ2n) is 5.70. The molecule has 0 fully saturated rings. The molecule has 0 aliphatic rings. The highest BCUT2D eigenvalue weighted by Gasteiger charge is 2.14. The molecule has 0 amide bonds. The molecule has 0 atom stereocenters. The van der Waals surface area contributed by atoms with Crippen molar-refractivity contribution in [1.29, 1.82) is 0 Å². The number of anilines is 3. The molecule has 25 heavy (non-hydrogen) atoms. The van der Waals surface area contributed by atoms with Gasteiger partial charge in [0.2, 0.25) is 0 Å². The third-order valence-corrected chi connectivity index (χ3v) is 4.87. The lowest BCUT2D eigenvalue weighted by molar-refractivity contribution is 1.13. The van der Waals surface area contributed by atoms with Crippen LogP contribution in [0.1, 0.15) is 0 Å². The second-order valence-corrected chi connectivity index (χ2v) is 6.68. The molecule has 0 unspecified atom stereocenters. The van der Waals surface area contributed by atoms with E-state index in [1.54, 1.807) is 6.33 Å². The van der Waals surface area contributed by atoms with Crippen molar-refractivity contribution in [1.82, 2.24) is 15.0 Å². The summed E-state index contributed by atoms with van der Waals surface area (Å²) >= 11 is 1.37. The first kappa shape index (κ1) is 15.3. The van der Waals surface area contributed by atoms with Crippen LogP contribution in [0.3, 0.4) is 0 Å². The van der Waals surface area contributed by atoms with E-state index in [4.69, 9.17) is 6.57 Å². The van der Waals surface area contributed by atoms with Gasteiger partial charge in [-0.1, -0.05) is 6.57 Å². The Labute approximate surface area is 148 Å².